The lowest BCUT2D eigenvalue weighted by molar-refractivity contribution is -0.121. The molecule has 21 heavy (non-hydrogen) atoms. The zero-order valence-electron chi connectivity index (χ0n) is 12.2. The highest BCUT2D eigenvalue weighted by molar-refractivity contribution is 7.91. The summed E-state index contributed by atoms with van der Waals surface area (Å²) >= 11 is 0. The van der Waals surface area contributed by atoms with Gasteiger partial charge in [0.1, 0.15) is 0 Å². The molecule has 0 unspecified atom stereocenters. The highest BCUT2D eigenvalue weighted by Crippen LogP contribution is 2.12. The fraction of sp³-hybridized carbons (Fsp3) is 0.429. The molecular formula is C14H19N3O3S. The number of benzene rings is 1. The van der Waals surface area contributed by atoms with Gasteiger partial charge in [0.2, 0.25) is 5.91 Å². The topological polar surface area (TPSA) is 90.3 Å². The number of nitrogens with one attached hydrogen (secondary N) is 1. The average molecular weight is 309 g/mol. The van der Waals surface area contributed by atoms with Gasteiger partial charge in [0, 0.05) is 13.6 Å². The molecule has 0 heterocycles. The van der Waals surface area contributed by atoms with Crippen molar-refractivity contribution < 1.29 is 13.2 Å². The van der Waals surface area contributed by atoms with E-state index in [1.54, 1.807) is 11.9 Å². The van der Waals surface area contributed by atoms with Gasteiger partial charge < -0.3 is 5.32 Å². The minimum atomic E-state index is -3.42. The number of amides is 1. The van der Waals surface area contributed by atoms with Gasteiger partial charge in [-0.15, -0.1) is 0 Å². The lowest BCUT2D eigenvalue weighted by atomic mass is 10.2. The van der Waals surface area contributed by atoms with Gasteiger partial charge in [-0.3, -0.25) is 9.69 Å². The molecule has 0 aromatic heterocycles. The Balaban J connectivity index is 2.71. The standard InChI is InChI=1S/C14H19N3O3S/c1-3-17(11-14(18)16-2)8-9-21(19,20)13-6-4-12(10-15)5-7-13/h4-7H,3,8-9,11H2,1-2H3,(H,16,18). The second kappa shape index (κ2) is 7.76. The van der Waals surface area contributed by atoms with Crippen molar-refractivity contribution >= 4 is 15.7 Å². The summed E-state index contributed by atoms with van der Waals surface area (Å²) in [6.45, 7) is 2.93. The third-order valence-electron chi connectivity index (χ3n) is 3.11. The summed E-state index contributed by atoms with van der Waals surface area (Å²) in [5, 5.41) is 11.2. The maximum atomic E-state index is 12.2. The summed E-state index contributed by atoms with van der Waals surface area (Å²) < 4.78 is 24.4. The van der Waals surface area contributed by atoms with E-state index in [-0.39, 0.29) is 29.6 Å². The highest BCUT2D eigenvalue weighted by atomic mass is 32.2. The maximum Gasteiger partial charge on any atom is 0.233 e. The van der Waals surface area contributed by atoms with Gasteiger partial charge >= 0.3 is 0 Å². The van der Waals surface area contributed by atoms with E-state index in [9.17, 15) is 13.2 Å². The van der Waals surface area contributed by atoms with Crippen molar-refractivity contribution in [3.63, 3.8) is 0 Å². The predicted molar refractivity (Wildman–Crippen MR) is 79.4 cm³/mol. The molecule has 0 saturated heterocycles. The predicted octanol–water partition coefficient (Wildman–Crippen LogP) is 0.400. The van der Waals surface area contributed by atoms with Gasteiger partial charge in [0.15, 0.2) is 9.84 Å². The lowest BCUT2D eigenvalue weighted by Gasteiger charge is -2.19. The zero-order chi connectivity index (χ0) is 15.9. The van der Waals surface area contributed by atoms with Gasteiger partial charge in [-0.25, -0.2) is 8.42 Å². The molecule has 0 aliphatic carbocycles. The molecule has 1 N–H and O–H groups in total. The molecule has 1 aromatic carbocycles. The second-order valence-corrected chi connectivity index (χ2v) is 6.61. The van der Waals surface area contributed by atoms with Crippen molar-refractivity contribution in [1.82, 2.24) is 10.2 Å². The van der Waals surface area contributed by atoms with E-state index in [1.165, 1.54) is 24.3 Å². The van der Waals surface area contributed by atoms with Gasteiger partial charge in [0.25, 0.3) is 0 Å². The Morgan fingerprint density at radius 2 is 1.95 bits per heavy atom. The first kappa shape index (κ1) is 17.1. The minimum Gasteiger partial charge on any atom is -0.358 e. The molecule has 0 aliphatic rings. The van der Waals surface area contributed by atoms with E-state index in [1.807, 2.05) is 13.0 Å². The van der Waals surface area contributed by atoms with Crippen LogP contribution in [-0.2, 0) is 14.6 Å². The molecule has 0 saturated carbocycles. The van der Waals surface area contributed by atoms with Crippen LogP contribution in [0.15, 0.2) is 29.2 Å². The molecule has 1 rings (SSSR count). The van der Waals surface area contributed by atoms with E-state index in [0.29, 0.717) is 12.1 Å². The quantitative estimate of drug-likeness (QED) is 0.787. The fourth-order valence-electron chi connectivity index (χ4n) is 1.74. The van der Waals surface area contributed by atoms with Crippen LogP contribution in [0.1, 0.15) is 12.5 Å². The van der Waals surface area contributed by atoms with Crippen molar-refractivity contribution in [3.8, 4) is 6.07 Å². The first-order valence-corrected chi connectivity index (χ1v) is 8.24. The lowest BCUT2D eigenvalue weighted by Crippen LogP contribution is -2.38. The van der Waals surface area contributed by atoms with Crippen LogP contribution in [-0.4, -0.2) is 51.7 Å². The van der Waals surface area contributed by atoms with E-state index >= 15 is 0 Å². The Hall–Kier alpha value is -1.91. The van der Waals surface area contributed by atoms with Crippen LogP contribution in [0.4, 0.5) is 0 Å². The molecule has 7 heteroatoms. The summed E-state index contributed by atoms with van der Waals surface area (Å²) in [7, 11) is -1.87. The first-order chi connectivity index (χ1) is 9.92. The van der Waals surface area contributed by atoms with Crippen LogP contribution >= 0.6 is 0 Å². The Morgan fingerprint density at radius 3 is 2.43 bits per heavy atom. The van der Waals surface area contributed by atoms with Crippen LogP contribution in [0, 0.1) is 11.3 Å². The van der Waals surface area contributed by atoms with Crippen molar-refractivity contribution in [2.45, 2.75) is 11.8 Å². The molecule has 0 radical (unpaired) electrons. The number of carbonyl (C=O) groups is 1. The first-order valence-electron chi connectivity index (χ1n) is 6.58. The zero-order valence-corrected chi connectivity index (χ0v) is 13.0. The van der Waals surface area contributed by atoms with Crippen LogP contribution < -0.4 is 5.32 Å². The highest BCUT2D eigenvalue weighted by Gasteiger charge is 2.17. The van der Waals surface area contributed by atoms with E-state index in [4.69, 9.17) is 5.26 Å². The van der Waals surface area contributed by atoms with Crippen molar-refractivity contribution in [1.29, 1.82) is 5.26 Å². The molecule has 0 aliphatic heterocycles. The van der Waals surface area contributed by atoms with Crippen LogP contribution in [0.5, 0.6) is 0 Å². The van der Waals surface area contributed by atoms with Crippen LogP contribution in [0.25, 0.3) is 0 Å². The van der Waals surface area contributed by atoms with Crippen molar-refractivity contribution in [2.75, 3.05) is 32.4 Å². The van der Waals surface area contributed by atoms with Gasteiger partial charge in [0.05, 0.1) is 28.8 Å². The average Bonchev–Trinajstić information content (AvgIpc) is 2.51. The van der Waals surface area contributed by atoms with E-state index in [0.717, 1.165) is 0 Å². The number of nitriles is 1. The number of carbonyl (C=O) groups excluding carboxylic acids is 1. The van der Waals surface area contributed by atoms with Crippen molar-refractivity contribution in [3.05, 3.63) is 29.8 Å². The smallest absolute Gasteiger partial charge is 0.233 e. The maximum absolute atomic E-state index is 12.2. The van der Waals surface area contributed by atoms with Crippen LogP contribution in [0.3, 0.4) is 0 Å². The third kappa shape index (κ3) is 5.17. The molecular weight excluding hydrogens is 290 g/mol. The molecule has 0 fully saturated rings. The largest absolute Gasteiger partial charge is 0.358 e. The summed E-state index contributed by atoms with van der Waals surface area (Å²) in [4.78, 5) is 13.3. The summed E-state index contributed by atoms with van der Waals surface area (Å²) in [6, 6.07) is 7.77. The number of hydrogen-bond donors (Lipinski definition) is 1. The van der Waals surface area contributed by atoms with E-state index in [2.05, 4.69) is 5.32 Å². The van der Waals surface area contributed by atoms with Gasteiger partial charge in [-0.05, 0) is 30.8 Å². The monoisotopic (exact) mass is 309 g/mol. The molecule has 0 bridgehead atoms. The molecule has 6 nitrogen and oxygen atoms in total. The van der Waals surface area contributed by atoms with Gasteiger partial charge in [-0.2, -0.15) is 5.26 Å². The molecule has 1 amide bonds. The van der Waals surface area contributed by atoms with Crippen LogP contribution in [0.2, 0.25) is 0 Å². The van der Waals surface area contributed by atoms with Crippen molar-refractivity contribution in [2.24, 2.45) is 0 Å². The Kier molecular flexibility index (Phi) is 6.34. The Labute approximate surface area is 125 Å². The number of hydrogen-bond acceptors (Lipinski definition) is 5. The number of likely N-dealkylation sites (N-methyl/N-ethyl adjacent to an activating group) is 2. The number of sulfone groups is 1. The molecule has 0 spiro atoms. The molecule has 1 aromatic rings. The van der Waals surface area contributed by atoms with E-state index < -0.39 is 9.84 Å². The summed E-state index contributed by atoms with van der Waals surface area (Å²) in [6.07, 6.45) is 0. The Morgan fingerprint density at radius 1 is 1.33 bits per heavy atom. The summed E-state index contributed by atoms with van der Waals surface area (Å²) in [5.41, 5.74) is 0.420. The third-order valence-corrected chi connectivity index (χ3v) is 4.82. The fourth-order valence-corrected chi connectivity index (χ4v) is 3.02. The second-order valence-electron chi connectivity index (χ2n) is 4.50. The molecule has 114 valence electrons. The van der Waals surface area contributed by atoms with Gasteiger partial charge in [-0.1, -0.05) is 6.92 Å². The molecule has 0 atom stereocenters. The number of rotatable bonds is 7. The summed E-state index contributed by atoms with van der Waals surface area (Å²) in [5.74, 6) is -0.211. The Bertz CT molecular complexity index is 618. The SMILES string of the molecule is CCN(CCS(=O)(=O)c1ccc(C#N)cc1)CC(=O)NC. The number of nitrogens with zero attached hydrogens (tertiary/aromatic N) is 2. The normalized spacial score (nSPS) is 11.1. The minimum absolute atomic E-state index is 0.0657.